The van der Waals surface area contributed by atoms with Crippen LogP contribution in [0.25, 0.3) is 11.0 Å². The van der Waals surface area contributed by atoms with Gasteiger partial charge in [-0.3, -0.25) is 9.52 Å². The standard InChI is InChI=1S/C21H13ClF3N3O4S/c22-13-8-17-18(11-27-20(17)26-10-13)19(29)12-3-1-4-14(7-12)28-33(30,31)16-6-2-5-15(9-16)32-21(23,24)25/h1-11,28H,(H,26,27). The second kappa shape index (κ2) is 8.41. The Bertz CT molecular complexity index is 1470. The number of fused-ring (bicyclic) bond motifs is 1. The molecule has 2 N–H and O–H groups in total. The fourth-order valence-electron chi connectivity index (χ4n) is 3.10. The summed E-state index contributed by atoms with van der Waals surface area (Å²) in [6, 6.07) is 11.2. The quantitative estimate of drug-likeness (QED) is 0.360. The summed E-state index contributed by atoms with van der Waals surface area (Å²) < 4.78 is 68.7. The lowest BCUT2D eigenvalue weighted by molar-refractivity contribution is -0.274. The number of nitrogens with one attached hydrogen (secondary N) is 2. The number of pyridine rings is 1. The zero-order chi connectivity index (χ0) is 23.8. The molecule has 2 aromatic carbocycles. The zero-order valence-corrected chi connectivity index (χ0v) is 17.9. The van der Waals surface area contributed by atoms with E-state index >= 15 is 0 Å². The molecule has 0 amide bonds. The first-order valence-corrected chi connectivity index (χ1v) is 11.0. The lowest BCUT2D eigenvalue weighted by atomic mass is 10.0. The van der Waals surface area contributed by atoms with Crippen molar-refractivity contribution in [1.82, 2.24) is 9.97 Å². The number of alkyl halides is 3. The van der Waals surface area contributed by atoms with Crippen molar-refractivity contribution in [3.8, 4) is 5.75 Å². The molecule has 0 fully saturated rings. The highest BCUT2D eigenvalue weighted by Crippen LogP contribution is 2.27. The number of H-pyrrole nitrogens is 1. The van der Waals surface area contributed by atoms with Crippen molar-refractivity contribution in [3.63, 3.8) is 0 Å². The van der Waals surface area contributed by atoms with E-state index in [1.54, 1.807) is 6.07 Å². The van der Waals surface area contributed by atoms with E-state index in [0.717, 1.165) is 24.3 Å². The van der Waals surface area contributed by atoms with Crippen LogP contribution in [0, 0.1) is 0 Å². The number of anilines is 1. The van der Waals surface area contributed by atoms with Gasteiger partial charge in [0.2, 0.25) is 0 Å². The monoisotopic (exact) mass is 495 g/mol. The Morgan fingerprint density at radius 1 is 1.09 bits per heavy atom. The number of rotatable bonds is 6. The Morgan fingerprint density at radius 3 is 2.61 bits per heavy atom. The smallest absolute Gasteiger partial charge is 0.406 e. The zero-order valence-electron chi connectivity index (χ0n) is 16.4. The van der Waals surface area contributed by atoms with E-state index < -0.39 is 32.8 Å². The van der Waals surface area contributed by atoms with Gasteiger partial charge in [-0.25, -0.2) is 13.4 Å². The predicted octanol–water partition coefficient (Wildman–Crippen LogP) is 5.15. The van der Waals surface area contributed by atoms with Crippen molar-refractivity contribution >= 4 is 44.1 Å². The second-order valence-corrected chi connectivity index (χ2v) is 8.91. The van der Waals surface area contributed by atoms with Gasteiger partial charge < -0.3 is 9.72 Å². The van der Waals surface area contributed by atoms with E-state index in [0.29, 0.717) is 16.1 Å². The Morgan fingerprint density at radius 2 is 1.85 bits per heavy atom. The van der Waals surface area contributed by atoms with Crippen molar-refractivity contribution < 1.29 is 31.1 Å². The van der Waals surface area contributed by atoms with Crippen molar-refractivity contribution in [2.75, 3.05) is 4.72 Å². The van der Waals surface area contributed by atoms with Gasteiger partial charge in [0.25, 0.3) is 10.0 Å². The maximum atomic E-state index is 13.0. The highest BCUT2D eigenvalue weighted by atomic mass is 35.5. The minimum Gasteiger partial charge on any atom is -0.406 e. The number of carbonyl (C=O) groups is 1. The van der Waals surface area contributed by atoms with Gasteiger partial charge in [-0.1, -0.05) is 29.8 Å². The van der Waals surface area contributed by atoms with Gasteiger partial charge in [0.15, 0.2) is 5.78 Å². The van der Waals surface area contributed by atoms with Crippen LogP contribution in [0.4, 0.5) is 18.9 Å². The van der Waals surface area contributed by atoms with Crippen molar-refractivity contribution in [3.05, 3.63) is 83.1 Å². The minimum atomic E-state index is -4.97. The van der Waals surface area contributed by atoms with E-state index in [4.69, 9.17) is 11.6 Å². The van der Waals surface area contributed by atoms with Gasteiger partial charge in [0.1, 0.15) is 11.4 Å². The van der Waals surface area contributed by atoms with Crippen LogP contribution in [0.5, 0.6) is 5.75 Å². The topological polar surface area (TPSA) is 101 Å². The van der Waals surface area contributed by atoms with Gasteiger partial charge in [-0.05, 0) is 30.3 Å². The van der Waals surface area contributed by atoms with Crippen LogP contribution < -0.4 is 9.46 Å². The number of ether oxygens (including phenoxy) is 1. The Hall–Kier alpha value is -3.57. The number of hydrogen-bond donors (Lipinski definition) is 2. The van der Waals surface area contributed by atoms with Crippen LogP contribution in [0.2, 0.25) is 5.02 Å². The molecule has 0 aliphatic rings. The maximum absolute atomic E-state index is 13.0. The molecule has 0 aliphatic heterocycles. The molecule has 0 spiro atoms. The third-order valence-corrected chi connectivity index (χ3v) is 6.05. The number of nitrogens with zero attached hydrogens (tertiary/aromatic N) is 1. The van der Waals surface area contributed by atoms with Gasteiger partial charge in [-0.15, -0.1) is 13.2 Å². The number of ketones is 1. The molecule has 2 heterocycles. The third kappa shape index (κ3) is 5.10. The van der Waals surface area contributed by atoms with E-state index in [9.17, 15) is 26.4 Å². The Kier molecular flexibility index (Phi) is 5.76. The fourth-order valence-corrected chi connectivity index (χ4v) is 4.34. The van der Waals surface area contributed by atoms with Crippen molar-refractivity contribution in [2.24, 2.45) is 0 Å². The number of halogens is 4. The lowest BCUT2D eigenvalue weighted by Crippen LogP contribution is -2.18. The van der Waals surface area contributed by atoms with Gasteiger partial charge in [-0.2, -0.15) is 0 Å². The molecule has 7 nitrogen and oxygen atoms in total. The normalized spacial score (nSPS) is 12.0. The van der Waals surface area contributed by atoms with E-state index in [2.05, 4.69) is 19.4 Å². The fraction of sp³-hybridized carbons (Fsp3) is 0.0476. The molecule has 0 bridgehead atoms. The first-order valence-electron chi connectivity index (χ1n) is 9.18. The summed E-state index contributed by atoms with van der Waals surface area (Å²) in [6.07, 6.45) is -2.06. The summed E-state index contributed by atoms with van der Waals surface area (Å²) in [5.41, 5.74) is 0.960. The highest BCUT2D eigenvalue weighted by Gasteiger charge is 2.31. The number of sulfonamides is 1. The van der Waals surface area contributed by atoms with Crippen LogP contribution in [0.3, 0.4) is 0 Å². The Balaban J connectivity index is 1.61. The van der Waals surface area contributed by atoms with Gasteiger partial charge in [0.05, 0.1) is 9.92 Å². The summed E-state index contributed by atoms with van der Waals surface area (Å²) in [4.78, 5) is 19.5. The van der Waals surface area contributed by atoms with Crippen LogP contribution in [-0.4, -0.2) is 30.5 Å². The van der Waals surface area contributed by atoms with Crippen LogP contribution in [0.15, 0.2) is 71.9 Å². The molecule has 170 valence electrons. The van der Waals surface area contributed by atoms with Crippen LogP contribution >= 0.6 is 11.6 Å². The molecule has 2 aromatic heterocycles. The van der Waals surface area contributed by atoms with Gasteiger partial charge in [0, 0.05) is 40.7 Å². The predicted molar refractivity (Wildman–Crippen MR) is 115 cm³/mol. The minimum absolute atomic E-state index is 0.0407. The molecule has 0 unspecified atom stereocenters. The number of aromatic amines is 1. The molecule has 12 heteroatoms. The van der Waals surface area contributed by atoms with Crippen LogP contribution in [0.1, 0.15) is 15.9 Å². The number of benzene rings is 2. The third-order valence-electron chi connectivity index (χ3n) is 4.47. The number of carbonyl (C=O) groups excluding carboxylic acids is 1. The molecule has 0 radical (unpaired) electrons. The second-order valence-electron chi connectivity index (χ2n) is 6.79. The SMILES string of the molecule is O=C(c1cccc(NS(=O)(=O)c2cccc(OC(F)(F)F)c2)c1)c1c[nH]c2ncc(Cl)cc12. The largest absolute Gasteiger partial charge is 0.573 e. The van der Waals surface area contributed by atoms with E-state index in [1.807, 2.05) is 0 Å². The molecule has 0 aliphatic carbocycles. The highest BCUT2D eigenvalue weighted by molar-refractivity contribution is 7.92. The van der Waals surface area contributed by atoms with E-state index in [1.165, 1.54) is 36.7 Å². The average molecular weight is 496 g/mol. The number of hydrogen-bond acceptors (Lipinski definition) is 5. The summed E-state index contributed by atoms with van der Waals surface area (Å²) in [5, 5.41) is 0.842. The molecular weight excluding hydrogens is 483 g/mol. The Labute approximate surface area is 190 Å². The molecule has 0 saturated heterocycles. The summed E-state index contributed by atoms with van der Waals surface area (Å²) in [5.74, 6) is -1.09. The molecule has 4 rings (SSSR count). The average Bonchev–Trinajstić information content (AvgIpc) is 3.15. The summed E-state index contributed by atoms with van der Waals surface area (Å²) >= 11 is 5.97. The molecule has 0 atom stereocenters. The van der Waals surface area contributed by atoms with E-state index in [-0.39, 0.29) is 16.8 Å². The first-order chi connectivity index (χ1) is 15.5. The molecule has 33 heavy (non-hydrogen) atoms. The maximum Gasteiger partial charge on any atom is 0.573 e. The molecule has 0 saturated carbocycles. The van der Waals surface area contributed by atoms with Crippen molar-refractivity contribution in [2.45, 2.75) is 11.3 Å². The lowest BCUT2D eigenvalue weighted by Gasteiger charge is -2.12. The summed E-state index contributed by atoms with van der Waals surface area (Å²) in [6.45, 7) is 0. The number of aromatic nitrogens is 2. The first kappa shape index (κ1) is 22.6. The van der Waals surface area contributed by atoms with Crippen LogP contribution in [-0.2, 0) is 10.0 Å². The summed E-state index contributed by atoms with van der Waals surface area (Å²) in [7, 11) is -4.27. The molecule has 4 aromatic rings. The van der Waals surface area contributed by atoms with Gasteiger partial charge >= 0.3 is 6.36 Å². The molecular formula is C21H13ClF3N3O4S. The van der Waals surface area contributed by atoms with Crippen molar-refractivity contribution in [1.29, 1.82) is 0 Å².